The minimum Gasteiger partial charge on any atom is -0.333 e. The third-order valence-corrected chi connectivity index (χ3v) is 22.0. The third kappa shape index (κ3) is 6.92. The molecule has 0 bridgehead atoms. The summed E-state index contributed by atoms with van der Waals surface area (Å²) in [4.78, 5) is 13.7. The number of para-hydroxylation sites is 2. The summed E-state index contributed by atoms with van der Waals surface area (Å²) >= 11 is 0. The highest BCUT2D eigenvalue weighted by Gasteiger charge is 2.52. The average Bonchev–Trinajstić information content (AvgIpc) is 1.57. The first kappa shape index (κ1) is 51.7. The quantitative estimate of drug-likeness (QED) is 0.167. The largest absolute Gasteiger partial charge is 0.333 e. The van der Waals surface area contributed by atoms with Gasteiger partial charge in [-0.25, -0.2) is 9.97 Å². The number of allylic oxidation sites excluding steroid dienone is 4. The molecule has 0 fully saturated rings. The molecule has 3 aromatic heterocycles. The Bertz CT molecular complexity index is 5440. The molecule has 3 unspecified atom stereocenters. The van der Waals surface area contributed by atoms with Gasteiger partial charge in [0, 0.05) is 77.7 Å². The molecule has 19 rings (SSSR count). The van der Waals surface area contributed by atoms with Crippen LogP contribution in [-0.4, -0.2) is 25.1 Å². The number of aromatic nitrogens is 4. The van der Waals surface area contributed by atoms with E-state index in [2.05, 4.69) is 310 Å². The molecule has 430 valence electrons. The van der Waals surface area contributed by atoms with Crippen molar-refractivity contribution in [1.82, 2.24) is 19.1 Å². The summed E-state index contributed by atoms with van der Waals surface area (Å²) < 4.78 is 4.91. The van der Waals surface area contributed by atoms with Gasteiger partial charge < -0.3 is 14.0 Å². The van der Waals surface area contributed by atoms with Gasteiger partial charge in [-0.15, -0.1) is 0 Å². The number of nitrogens with zero attached hydrogens (tertiary/aromatic N) is 5. The lowest BCUT2D eigenvalue weighted by molar-refractivity contribution is 0.387. The summed E-state index contributed by atoms with van der Waals surface area (Å²) in [5.74, 6) is 1.40. The maximum absolute atomic E-state index is 5.57. The van der Waals surface area contributed by atoms with Crippen molar-refractivity contribution in [2.75, 3.05) is 4.90 Å². The Morgan fingerprint density at radius 2 is 1.00 bits per heavy atom. The molecule has 0 radical (unpaired) electrons. The predicted octanol–water partition coefficient (Wildman–Crippen LogP) is 20.9. The van der Waals surface area contributed by atoms with Gasteiger partial charge in [0.2, 0.25) is 0 Å². The summed E-state index contributed by atoms with van der Waals surface area (Å²) in [5.41, 5.74) is 30.8. The highest BCUT2D eigenvalue weighted by Crippen LogP contribution is 2.61. The van der Waals surface area contributed by atoms with Crippen LogP contribution in [0.15, 0.2) is 272 Å². The van der Waals surface area contributed by atoms with Crippen LogP contribution in [-0.2, 0) is 16.2 Å². The van der Waals surface area contributed by atoms with Crippen LogP contribution in [0.2, 0.25) is 0 Å². The van der Waals surface area contributed by atoms with Gasteiger partial charge in [0.1, 0.15) is 0 Å². The molecule has 10 aromatic carbocycles. The number of rotatable bonds is 6. The van der Waals surface area contributed by atoms with Crippen LogP contribution >= 0.6 is 0 Å². The van der Waals surface area contributed by atoms with E-state index in [1.54, 1.807) is 0 Å². The molecule has 5 heteroatoms. The summed E-state index contributed by atoms with van der Waals surface area (Å²) in [5, 5.41) is 5.13. The number of anilines is 1. The zero-order valence-corrected chi connectivity index (χ0v) is 51.4. The Hall–Kier alpha value is -10.4. The first-order valence-corrected chi connectivity index (χ1v) is 32.2. The highest BCUT2D eigenvalue weighted by atomic mass is 15.2. The number of hydrogen-bond donors (Lipinski definition) is 0. The van der Waals surface area contributed by atoms with Crippen molar-refractivity contribution in [3.63, 3.8) is 0 Å². The van der Waals surface area contributed by atoms with Gasteiger partial charge in [-0.05, 0) is 169 Å². The summed E-state index contributed by atoms with van der Waals surface area (Å²) in [6, 6.07) is 84.0. The Morgan fingerprint density at radius 1 is 0.444 bits per heavy atom. The van der Waals surface area contributed by atoms with Crippen molar-refractivity contribution in [3.05, 3.63) is 305 Å². The van der Waals surface area contributed by atoms with E-state index in [0.717, 1.165) is 45.9 Å². The van der Waals surface area contributed by atoms with Crippen LogP contribution in [0.25, 0.3) is 111 Å². The summed E-state index contributed by atoms with van der Waals surface area (Å²) in [7, 11) is 0. The lowest BCUT2D eigenvalue weighted by Gasteiger charge is -2.33. The minimum absolute atomic E-state index is 0.0388. The summed E-state index contributed by atoms with van der Waals surface area (Å²) in [6.07, 6.45) is 12.9. The number of fused-ring (bicyclic) bond motifs is 20. The van der Waals surface area contributed by atoms with Crippen molar-refractivity contribution in [3.8, 4) is 67.5 Å². The van der Waals surface area contributed by atoms with Crippen molar-refractivity contribution >= 4 is 49.3 Å². The molecule has 90 heavy (non-hydrogen) atoms. The summed E-state index contributed by atoms with van der Waals surface area (Å²) in [6.45, 7) is 14.3. The van der Waals surface area contributed by atoms with E-state index in [-0.39, 0.29) is 22.3 Å². The van der Waals surface area contributed by atoms with E-state index in [0.29, 0.717) is 17.7 Å². The Labute approximate surface area is 525 Å². The molecule has 0 saturated carbocycles. The average molecular weight is 1160 g/mol. The van der Waals surface area contributed by atoms with E-state index in [4.69, 9.17) is 9.97 Å². The molecule has 0 saturated heterocycles. The SMILES string of the molecule is CC1(C)c2ccccc2-c2c1ccc1c2c2ccccc2n1-c1ccc(-c2cc(-c3cccc(-n4c5ccccc5c5c6c(ccc54)C(C)(C)c4ccccc4-6)c3)nc(-c3ccc(N4C5=C(C6=CC=CCC64)C4c6ccccc6C(C)(C)C4C=C5)cc3)n2)cc1. The highest BCUT2D eigenvalue weighted by molar-refractivity contribution is 6.19. The Balaban J connectivity index is 0.751. The molecule has 0 spiro atoms. The zero-order valence-electron chi connectivity index (χ0n) is 51.4. The minimum atomic E-state index is -0.108. The first-order chi connectivity index (χ1) is 43.9. The van der Waals surface area contributed by atoms with E-state index < -0.39 is 0 Å². The standard InChI is InChI=1S/C85H65N5/c1-83(2)62-28-13-7-22-56(62)76-65(83)42-45-73-79(76)59-25-10-16-31-70(59)88(73)53-38-34-50(35-39-53)68-49-69(52-20-19-21-55(48-52)90-72-33-18-12-27-61(72)81-75(90)47-44-67-78(81)58-24-9-15-30-64(58)85(67,5)6)87-82(86-68)51-36-40-54(41-37-51)89-71-32-17-11-26-60(71)80-74(89)46-43-66-77(80)57-23-8-14-29-63(57)84(66,3)4/h7-31,33-49,66,71,77H,32H2,1-6H3. The molecule has 0 amide bonds. The van der Waals surface area contributed by atoms with Gasteiger partial charge in [-0.2, -0.15) is 0 Å². The second kappa shape index (κ2) is 18.4. The second-order valence-electron chi connectivity index (χ2n) is 27.6. The first-order valence-electron chi connectivity index (χ1n) is 32.2. The van der Waals surface area contributed by atoms with E-state index in [1.807, 2.05) is 0 Å². The molecular weight excluding hydrogens is 1090 g/mol. The molecule has 5 nitrogen and oxygen atoms in total. The van der Waals surface area contributed by atoms with Gasteiger partial charge in [-0.3, -0.25) is 0 Å². The van der Waals surface area contributed by atoms with Crippen LogP contribution < -0.4 is 4.90 Å². The fourth-order valence-electron chi connectivity index (χ4n) is 17.7. The van der Waals surface area contributed by atoms with Crippen LogP contribution in [0.1, 0.15) is 87.3 Å². The normalized spacial score (nSPS) is 19.0. The van der Waals surface area contributed by atoms with Gasteiger partial charge in [0.25, 0.3) is 0 Å². The molecule has 6 aliphatic rings. The molecule has 1 aliphatic heterocycles. The van der Waals surface area contributed by atoms with Gasteiger partial charge in [0.15, 0.2) is 5.82 Å². The maximum Gasteiger partial charge on any atom is 0.160 e. The molecule has 13 aromatic rings. The second-order valence-corrected chi connectivity index (χ2v) is 27.6. The number of hydrogen-bond acceptors (Lipinski definition) is 3. The Kier molecular flexibility index (Phi) is 10.5. The van der Waals surface area contributed by atoms with Gasteiger partial charge >= 0.3 is 0 Å². The van der Waals surface area contributed by atoms with Crippen molar-refractivity contribution < 1.29 is 0 Å². The molecule has 4 heterocycles. The van der Waals surface area contributed by atoms with Crippen LogP contribution in [0, 0.1) is 5.92 Å². The molecule has 5 aliphatic carbocycles. The van der Waals surface area contributed by atoms with Crippen molar-refractivity contribution in [2.24, 2.45) is 5.92 Å². The topological polar surface area (TPSA) is 38.9 Å². The van der Waals surface area contributed by atoms with Gasteiger partial charge in [0.05, 0.1) is 39.5 Å². The van der Waals surface area contributed by atoms with Crippen LogP contribution in [0.3, 0.4) is 0 Å². The lowest BCUT2D eigenvalue weighted by Crippen LogP contribution is -2.31. The van der Waals surface area contributed by atoms with Gasteiger partial charge in [-0.1, -0.05) is 211 Å². The predicted molar refractivity (Wildman–Crippen MR) is 372 cm³/mol. The van der Waals surface area contributed by atoms with Crippen molar-refractivity contribution in [1.29, 1.82) is 0 Å². The van der Waals surface area contributed by atoms with E-state index in [1.165, 1.54) is 122 Å². The monoisotopic (exact) mass is 1160 g/mol. The fourth-order valence-corrected chi connectivity index (χ4v) is 17.7. The Morgan fingerprint density at radius 3 is 1.66 bits per heavy atom. The van der Waals surface area contributed by atoms with Crippen LogP contribution in [0.4, 0.5) is 5.69 Å². The number of benzene rings is 10. The lowest BCUT2D eigenvalue weighted by atomic mass is 9.70. The fraction of sp³-hybridized carbons (Fsp3) is 0.153. The third-order valence-electron chi connectivity index (χ3n) is 22.0. The molecule has 3 atom stereocenters. The van der Waals surface area contributed by atoms with Crippen LogP contribution in [0.5, 0.6) is 0 Å². The van der Waals surface area contributed by atoms with E-state index in [9.17, 15) is 0 Å². The molecule has 0 N–H and O–H groups in total. The smallest absolute Gasteiger partial charge is 0.160 e. The zero-order chi connectivity index (χ0) is 60.1. The molecular formula is C85H65N5. The maximum atomic E-state index is 5.57. The van der Waals surface area contributed by atoms with E-state index >= 15 is 0 Å². The van der Waals surface area contributed by atoms with Crippen molar-refractivity contribution in [2.45, 2.75) is 76.2 Å².